The number of amides is 3. The molecule has 18 nitrogen and oxygen atoms in total. The molecule has 6 aromatic carbocycles. The molecule has 12 heterocycles. The molecule has 696 valence electrons. The van der Waals surface area contributed by atoms with Crippen LogP contribution in [-0.2, 0) is 0 Å². The fourth-order valence-electron chi connectivity index (χ4n) is 12.9. The second-order valence-electron chi connectivity index (χ2n) is 27.7. The number of nitrogens with zero attached hydrogens (tertiary/aromatic N) is 3. The molecule has 3 unspecified atom stereocenters. The molecule has 12 aromatic rings. The van der Waals surface area contributed by atoms with Crippen molar-refractivity contribution in [3.8, 4) is 0 Å². The Bertz CT molecular complexity index is 4030. The van der Waals surface area contributed by atoms with Crippen molar-refractivity contribution in [2.75, 3.05) is 98.5 Å². The topological polar surface area (TPSA) is 252 Å². The van der Waals surface area contributed by atoms with Crippen LogP contribution in [-0.4, -0.2) is 204 Å². The van der Waals surface area contributed by atoms with Crippen molar-refractivity contribution in [2.24, 2.45) is 0 Å². The number of rotatable bonds is 6. The van der Waals surface area contributed by atoms with E-state index in [4.69, 9.17) is 14.4 Å². The highest BCUT2D eigenvalue weighted by Gasteiger charge is 2.21. The highest BCUT2D eigenvalue weighted by atomic mass is 79.9. The smallest absolute Gasteiger partial charge is 0.333 e. The highest BCUT2D eigenvalue weighted by molar-refractivity contribution is 9.11. The van der Waals surface area contributed by atoms with Gasteiger partial charge in [-0.05, 0) is 306 Å². The molecule has 0 saturated carbocycles. The average molecular weight is 2010 g/mol. The molecule has 6 aliphatic rings. The number of H-pyrrole nitrogens is 6. The first kappa shape index (κ1) is 128. The van der Waals surface area contributed by atoms with Crippen molar-refractivity contribution in [3.63, 3.8) is 0 Å². The van der Waals surface area contributed by atoms with Crippen LogP contribution < -0.4 is 16.0 Å². The van der Waals surface area contributed by atoms with E-state index < -0.39 is 28.3 Å². The van der Waals surface area contributed by atoms with Gasteiger partial charge >= 0.3 is 28.3 Å². The van der Waals surface area contributed by atoms with E-state index in [1.165, 1.54) is 149 Å². The first-order chi connectivity index (χ1) is 54.4. The lowest BCUT2D eigenvalue weighted by atomic mass is 10.1. The van der Waals surface area contributed by atoms with Gasteiger partial charge in [-0.2, -0.15) is 0 Å². The predicted octanol–water partition coefficient (Wildman–Crippen LogP) is 24.1. The number of nitrogens with one attached hydrogen (secondary N) is 9. The van der Waals surface area contributed by atoms with Gasteiger partial charge in [0.25, 0.3) is 17.7 Å². The number of fused-ring (bicyclic) bond motifs is 6. The van der Waals surface area contributed by atoms with E-state index in [1.54, 1.807) is 0 Å². The highest BCUT2D eigenvalue weighted by Crippen LogP contribution is 2.24. The van der Waals surface area contributed by atoms with Gasteiger partial charge in [-0.1, -0.05) is 156 Å². The van der Waals surface area contributed by atoms with Gasteiger partial charge in [0.15, 0.2) is 0 Å². The van der Waals surface area contributed by atoms with E-state index in [-0.39, 0.29) is 107 Å². The van der Waals surface area contributed by atoms with Crippen molar-refractivity contribution < 1.29 is 28.8 Å². The van der Waals surface area contributed by atoms with Gasteiger partial charge in [0.05, 0.1) is 0 Å². The third-order valence-corrected chi connectivity index (χ3v) is 24.9. The number of likely N-dealkylation sites (tertiary alicyclic amines) is 3. The molecule has 6 aliphatic heterocycles. The van der Waals surface area contributed by atoms with Crippen LogP contribution in [0, 0.1) is 0 Å². The number of piperidine rings is 6. The number of aromatic amines is 6. The molecular formula is C96H171Br3N12O6P3Si3+3. The molecule has 6 fully saturated rings. The normalized spacial score (nSPS) is 14.2. The minimum atomic E-state index is -0.492. The second kappa shape index (κ2) is 77.3. The van der Waals surface area contributed by atoms with Crippen molar-refractivity contribution >= 4 is 184 Å². The summed E-state index contributed by atoms with van der Waals surface area (Å²) < 4.78 is 3.37. The summed E-state index contributed by atoms with van der Waals surface area (Å²) in [5.41, 5.74) is 9.21. The summed E-state index contributed by atoms with van der Waals surface area (Å²) in [4.78, 5) is 85.7. The molecule has 0 aliphatic carbocycles. The Morgan fingerprint density at radius 2 is 0.439 bits per heavy atom. The second-order valence-corrected chi connectivity index (χ2v) is 44.7. The lowest BCUT2D eigenvalue weighted by Crippen LogP contribution is -2.35. The molecule has 0 radical (unpaired) electrons. The zero-order valence-electron chi connectivity index (χ0n) is 65.4. The standard InChI is InChI=1S/3C14H16N2O.3C8H6BrN.3C5H11N.3CH7OPSi.12CH4/c3*17-14(16-8-2-1-3-9-16)12-4-5-13-11(10-12)6-7-15-13;3*9-7-1-2-8-6(5-7)3-4-10-8;3*1-2-4-6-5-3-1;3*1-3-4-2;;;;;;;;;;;;/h3*4-7,10,15H,1-3,8-9H2;3*1-5,10H;3*6H,1-5H2;3*2-3H,4H2,1H3;12*1H4/p+3. The van der Waals surface area contributed by atoms with Crippen LogP contribution in [0.4, 0.5) is 0 Å². The number of carbonyl (C=O) groups is 3. The maximum Gasteiger partial charge on any atom is 0.333 e. The Morgan fingerprint density at radius 1 is 0.268 bits per heavy atom. The number of carbonyl (C=O) groups excluding carboxylic acids is 3. The maximum atomic E-state index is 12.3. The third kappa shape index (κ3) is 48.2. The van der Waals surface area contributed by atoms with Crippen LogP contribution in [0.5, 0.6) is 0 Å². The molecule has 27 heteroatoms. The number of halogens is 3. The molecule has 123 heavy (non-hydrogen) atoms. The monoisotopic (exact) mass is 2000 g/mol. The molecule has 0 bridgehead atoms. The largest absolute Gasteiger partial charge is 0.406 e. The van der Waals surface area contributed by atoms with Crippen molar-refractivity contribution in [1.82, 2.24) is 60.6 Å². The quantitative estimate of drug-likeness (QED) is 0.0558. The maximum absolute atomic E-state index is 12.3. The van der Waals surface area contributed by atoms with E-state index >= 15 is 0 Å². The van der Waals surface area contributed by atoms with Crippen molar-refractivity contribution in [3.05, 3.63) is 213 Å². The Hall–Kier alpha value is -5.89. The van der Waals surface area contributed by atoms with Crippen LogP contribution in [0.2, 0.25) is 0 Å². The minimum absolute atomic E-state index is 0. The zero-order chi connectivity index (χ0) is 78.9. The summed E-state index contributed by atoms with van der Waals surface area (Å²) in [6, 6.07) is 48.3. The number of hydrogen-bond donors (Lipinski definition) is 12. The summed E-state index contributed by atoms with van der Waals surface area (Å²) in [5, 5.41) is 16.9. The van der Waals surface area contributed by atoms with Crippen LogP contribution in [0.1, 0.15) is 236 Å². The van der Waals surface area contributed by atoms with Gasteiger partial charge in [-0.25, -0.2) is 0 Å². The molecule has 6 saturated heterocycles. The van der Waals surface area contributed by atoms with E-state index in [0.29, 0.717) is 24.4 Å². The molecule has 12 N–H and O–H groups in total. The SMILES string of the molecule is Brc1ccc2[nH]ccc2c1.Brc1ccc2[nH]ccc2c1.Brc1ccc2[nH]ccc2c1.C.C.C.C.C.C.C.C.C.C.C.C.C1CCNCC1.C1CCNCC1.C1CCNCC1.C[PH2+][SiH2]O.C[PH2+][SiH2]O.C[PH2+][SiH2]O.O=C(c1ccc2[nH]ccc2c1)N1CCCCC1.O=C(c1ccc2[nH]ccc2c1)N1CCCCC1.O=C(c1ccc2[nH]ccc2c1)N1CCCCC1. The lowest BCUT2D eigenvalue weighted by molar-refractivity contribution is 0.0717. The van der Waals surface area contributed by atoms with E-state index in [0.717, 1.165) is 141 Å². The molecule has 3 amide bonds. The Kier molecular flexibility index (Phi) is 80.3. The lowest BCUT2D eigenvalue weighted by Gasteiger charge is -2.26. The summed E-state index contributed by atoms with van der Waals surface area (Å²) in [5.74, 6) is 0.522. The summed E-state index contributed by atoms with van der Waals surface area (Å²) >= 11 is 10.2. The minimum Gasteiger partial charge on any atom is -0.406 e. The van der Waals surface area contributed by atoms with Gasteiger partial charge < -0.3 is 74.9 Å². The summed E-state index contributed by atoms with van der Waals surface area (Å²) in [7, 11) is -0.0463. The first-order valence-electron chi connectivity index (χ1n) is 39.9. The predicted molar refractivity (Wildman–Crippen MR) is 582 cm³/mol. The first-order valence-corrected chi connectivity index (χ1v) is 57.5. The summed E-state index contributed by atoms with van der Waals surface area (Å²) in [6.45, 7) is 19.2. The molecular weight excluding hydrogens is 1830 g/mol. The zero-order valence-corrected chi connectivity index (χ0v) is 77.9. The van der Waals surface area contributed by atoms with Gasteiger partial charge in [-0.15, -0.1) is 0 Å². The summed E-state index contributed by atoms with van der Waals surface area (Å²) in [6.07, 6.45) is 34.8. The van der Waals surface area contributed by atoms with E-state index in [9.17, 15) is 14.4 Å². The van der Waals surface area contributed by atoms with Crippen LogP contribution in [0.25, 0.3) is 65.4 Å². The number of benzene rings is 6. The fraction of sp³-hybridized carbons (Fsp3) is 0.469. The third-order valence-electron chi connectivity index (χ3n) is 19.0. The van der Waals surface area contributed by atoms with Crippen LogP contribution >= 0.6 is 72.2 Å². The van der Waals surface area contributed by atoms with Gasteiger partial charge in [0.2, 0.25) is 0 Å². The van der Waals surface area contributed by atoms with E-state index in [1.807, 2.05) is 143 Å². The van der Waals surface area contributed by atoms with Gasteiger partial charge in [-0.3, -0.25) is 14.4 Å². The molecule has 3 atom stereocenters. The molecule has 0 spiro atoms. The number of hydrogen-bond acceptors (Lipinski definition) is 9. The van der Waals surface area contributed by atoms with Gasteiger partial charge in [0.1, 0.15) is 0 Å². The average Bonchev–Trinajstić information content (AvgIpc) is 1.83. The Morgan fingerprint density at radius 3 is 0.602 bits per heavy atom. The van der Waals surface area contributed by atoms with E-state index in [2.05, 4.69) is 168 Å². The van der Waals surface area contributed by atoms with Gasteiger partial charge in [0, 0.05) is 192 Å². The van der Waals surface area contributed by atoms with Crippen LogP contribution in [0.3, 0.4) is 0 Å². The Labute approximate surface area is 782 Å². The van der Waals surface area contributed by atoms with Crippen LogP contribution in [0.15, 0.2) is 196 Å². The Balaban J connectivity index is -0.000000310. The molecule has 6 aromatic heterocycles. The number of aromatic nitrogens is 6. The fourth-order valence-corrected chi connectivity index (χ4v) is 14.0. The van der Waals surface area contributed by atoms with Crippen molar-refractivity contribution in [2.45, 2.75) is 205 Å². The van der Waals surface area contributed by atoms with Crippen molar-refractivity contribution in [1.29, 1.82) is 0 Å². The molecule has 18 rings (SSSR count).